The van der Waals surface area contributed by atoms with Crippen molar-refractivity contribution in [3.63, 3.8) is 0 Å². The van der Waals surface area contributed by atoms with E-state index >= 15 is 0 Å². The summed E-state index contributed by atoms with van der Waals surface area (Å²) in [7, 11) is 0. The summed E-state index contributed by atoms with van der Waals surface area (Å²) in [6.45, 7) is 14.8. The fourth-order valence-corrected chi connectivity index (χ4v) is 3.64. The van der Waals surface area contributed by atoms with E-state index in [2.05, 4.69) is 44.8 Å². The highest BCUT2D eigenvalue weighted by Crippen LogP contribution is 2.35. The molecule has 4 heteroatoms. The number of halogens is 2. The second-order valence-electron chi connectivity index (χ2n) is 6.32. The lowest BCUT2D eigenvalue weighted by Crippen LogP contribution is -2.45. The number of alkyl halides is 1. The van der Waals surface area contributed by atoms with E-state index in [0.29, 0.717) is 6.42 Å². The Morgan fingerprint density at radius 3 is 1.82 bits per heavy atom. The van der Waals surface area contributed by atoms with Gasteiger partial charge in [0.05, 0.1) is 6.67 Å². The molecule has 1 heterocycles. The molecule has 0 radical (unpaired) electrons. The third-order valence-electron chi connectivity index (χ3n) is 5.37. The number of hydrogen-bond acceptors (Lipinski definition) is 2. The summed E-state index contributed by atoms with van der Waals surface area (Å²) < 4.78 is 13.2. The predicted molar refractivity (Wildman–Crippen MR) is 95.2 cm³/mol. The van der Waals surface area contributed by atoms with Crippen LogP contribution in [0, 0.1) is 34.6 Å². The molecule has 0 aliphatic carbocycles. The van der Waals surface area contributed by atoms with Gasteiger partial charge in [-0.15, -0.1) is 12.4 Å². The summed E-state index contributed by atoms with van der Waals surface area (Å²) >= 11 is 0. The van der Waals surface area contributed by atoms with E-state index in [1.54, 1.807) is 0 Å². The first kappa shape index (κ1) is 19.4. The zero-order chi connectivity index (χ0) is 15.6. The van der Waals surface area contributed by atoms with Crippen molar-refractivity contribution in [1.29, 1.82) is 0 Å². The van der Waals surface area contributed by atoms with Crippen LogP contribution in [0.15, 0.2) is 0 Å². The molecule has 2 rings (SSSR count). The number of piperazine rings is 1. The van der Waals surface area contributed by atoms with Crippen molar-refractivity contribution in [3.8, 4) is 0 Å². The molecule has 1 fully saturated rings. The summed E-state index contributed by atoms with van der Waals surface area (Å²) in [4.78, 5) is 2.46. The molecule has 126 valence electrons. The van der Waals surface area contributed by atoms with Gasteiger partial charge in [-0.05, 0) is 74.4 Å². The fourth-order valence-electron chi connectivity index (χ4n) is 3.64. The number of nitrogens with one attached hydrogen (secondary N) is 1. The van der Waals surface area contributed by atoms with Gasteiger partial charge in [-0.1, -0.05) is 0 Å². The molecule has 0 bridgehead atoms. The van der Waals surface area contributed by atoms with Gasteiger partial charge in [-0.3, -0.25) is 9.29 Å². The highest BCUT2D eigenvalue weighted by Gasteiger charge is 2.26. The smallest absolute Gasteiger partial charge is 0.0912 e. The van der Waals surface area contributed by atoms with Crippen LogP contribution in [-0.2, 0) is 0 Å². The minimum atomic E-state index is -0.251. The van der Waals surface area contributed by atoms with E-state index < -0.39 is 0 Å². The molecular formula is C18H30ClFN2. The van der Waals surface area contributed by atoms with Crippen molar-refractivity contribution >= 4 is 12.4 Å². The quantitative estimate of drug-likeness (QED) is 0.900. The summed E-state index contributed by atoms with van der Waals surface area (Å²) in [6, 6.07) is 0.218. The van der Waals surface area contributed by atoms with E-state index in [1.807, 2.05) is 0 Å². The third kappa shape index (κ3) is 3.64. The molecule has 0 saturated carbocycles. The van der Waals surface area contributed by atoms with Crippen molar-refractivity contribution in [2.24, 2.45) is 0 Å². The van der Waals surface area contributed by atoms with Crippen LogP contribution >= 0.6 is 12.4 Å². The molecule has 1 saturated heterocycles. The summed E-state index contributed by atoms with van der Waals surface area (Å²) in [5.41, 5.74) is 8.20. The first-order chi connectivity index (χ1) is 9.99. The monoisotopic (exact) mass is 328 g/mol. The van der Waals surface area contributed by atoms with Crippen molar-refractivity contribution in [2.45, 2.75) is 47.1 Å². The maximum atomic E-state index is 13.2. The SMILES string of the molecule is Cc1c(C)c(C)c([C@H](CCF)N2CCNCC2)c(C)c1C.Cl. The average molecular weight is 329 g/mol. The van der Waals surface area contributed by atoms with Gasteiger partial charge in [0, 0.05) is 32.2 Å². The highest BCUT2D eigenvalue weighted by molar-refractivity contribution is 5.85. The molecular weight excluding hydrogens is 299 g/mol. The van der Waals surface area contributed by atoms with E-state index in [9.17, 15) is 4.39 Å². The Morgan fingerprint density at radius 2 is 1.36 bits per heavy atom. The van der Waals surface area contributed by atoms with Gasteiger partial charge < -0.3 is 5.32 Å². The molecule has 22 heavy (non-hydrogen) atoms. The summed E-state index contributed by atoms with van der Waals surface area (Å²) in [5.74, 6) is 0. The normalized spacial score (nSPS) is 17.2. The lowest BCUT2D eigenvalue weighted by molar-refractivity contribution is 0.156. The number of benzene rings is 1. The Labute approximate surface area is 140 Å². The van der Waals surface area contributed by atoms with E-state index in [1.165, 1.54) is 33.4 Å². The lowest BCUT2D eigenvalue weighted by atomic mass is 9.84. The van der Waals surface area contributed by atoms with Crippen molar-refractivity contribution < 1.29 is 4.39 Å². The van der Waals surface area contributed by atoms with Crippen molar-refractivity contribution in [3.05, 3.63) is 33.4 Å². The Morgan fingerprint density at radius 1 is 0.909 bits per heavy atom. The maximum Gasteiger partial charge on any atom is 0.0912 e. The van der Waals surface area contributed by atoms with Crippen LogP contribution in [0.25, 0.3) is 0 Å². The fraction of sp³-hybridized carbons (Fsp3) is 0.667. The Balaban J connectivity index is 0.00000242. The van der Waals surface area contributed by atoms with Crippen LogP contribution in [-0.4, -0.2) is 37.8 Å². The minimum absolute atomic E-state index is 0. The van der Waals surface area contributed by atoms with Crippen LogP contribution < -0.4 is 5.32 Å². The number of rotatable bonds is 4. The Hall–Kier alpha value is -0.640. The Bertz CT molecular complexity index is 481. The topological polar surface area (TPSA) is 15.3 Å². The Kier molecular flexibility index (Phi) is 7.30. The first-order valence-electron chi connectivity index (χ1n) is 8.06. The molecule has 0 spiro atoms. The minimum Gasteiger partial charge on any atom is -0.314 e. The standard InChI is InChI=1S/C18H29FN2.ClH/c1-12-13(2)15(4)18(16(5)14(12)3)17(6-7-19)21-10-8-20-9-11-21;/h17,20H,6-11H2,1-5H3;1H/t17-;/m0./s1. The summed E-state index contributed by atoms with van der Waals surface area (Å²) in [6.07, 6.45) is 0.601. The zero-order valence-electron chi connectivity index (χ0n) is 14.6. The molecule has 1 aliphatic heterocycles. The molecule has 0 unspecified atom stereocenters. The van der Waals surface area contributed by atoms with Gasteiger partial charge in [0.25, 0.3) is 0 Å². The van der Waals surface area contributed by atoms with Crippen LogP contribution in [0.2, 0.25) is 0 Å². The van der Waals surface area contributed by atoms with Crippen molar-refractivity contribution in [2.75, 3.05) is 32.9 Å². The van der Waals surface area contributed by atoms with Gasteiger partial charge in [-0.2, -0.15) is 0 Å². The van der Waals surface area contributed by atoms with E-state index in [4.69, 9.17) is 0 Å². The molecule has 0 amide bonds. The predicted octanol–water partition coefficient (Wildman–Crippen LogP) is 3.96. The molecule has 1 aliphatic rings. The van der Waals surface area contributed by atoms with E-state index in [-0.39, 0.29) is 25.1 Å². The third-order valence-corrected chi connectivity index (χ3v) is 5.37. The zero-order valence-corrected chi connectivity index (χ0v) is 15.4. The van der Waals surface area contributed by atoms with Gasteiger partial charge in [0.15, 0.2) is 0 Å². The average Bonchev–Trinajstić information content (AvgIpc) is 2.51. The number of hydrogen-bond donors (Lipinski definition) is 1. The van der Waals surface area contributed by atoms with E-state index in [0.717, 1.165) is 26.2 Å². The van der Waals surface area contributed by atoms with Crippen LogP contribution in [0.1, 0.15) is 45.8 Å². The van der Waals surface area contributed by atoms with Gasteiger partial charge >= 0.3 is 0 Å². The molecule has 1 N–H and O–H groups in total. The number of nitrogens with zero attached hydrogens (tertiary/aromatic N) is 1. The lowest BCUT2D eigenvalue weighted by Gasteiger charge is -2.37. The second kappa shape index (κ2) is 8.28. The van der Waals surface area contributed by atoms with Gasteiger partial charge in [0.1, 0.15) is 0 Å². The van der Waals surface area contributed by atoms with Gasteiger partial charge in [-0.25, -0.2) is 0 Å². The highest BCUT2D eigenvalue weighted by atomic mass is 35.5. The maximum absolute atomic E-state index is 13.2. The molecule has 1 aromatic rings. The molecule has 1 aromatic carbocycles. The largest absolute Gasteiger partial charge is 0.314 e. The molecule has 0 aromatic heterocycles. The first-order valence-corrected chi connectivity index (χ1v) is 8.06. The van der Waals surface area contributed by atoms with Crippen molar-refractivity contribution in [1.82, 2.24) is 10.2 Å². The summed E-state index contributed by atoms with van der Waals surface area (Å²) in [5, 5.41) is 3.39. The molecule has 2 nitrogen and oxygen atoms in total. The van der Waals surface area contributed by atoms with Crippen LogP contribution in [0.5, 0.6) is 0 Å². The van der Waals surface area contributed by atoms with Crippen LogP contribution in [0.3, 0.4) is 0 Å². The second-order valence-corrected chi connectivity index (χ2v) is 6.32. The van der Waals surface area contributed by atoms with Crippen LogP contribution in [0.4, 0.5) is 4.39 Å². The molecule has 1 atom stereocenters. The van der Waals surface area contributed by atoms with Gasteiger partial charge in [0.2, 0.25) is 0 Å².